The standard InChI is InChI=1S/C16H21N5O2/c1-2-23-13-9-12(16(13)7-3-4-8-16)17-15(22)11-5-6-14-18-19-20-21(14)10-11/h5-6,10,12-13H,2-4,7-9H2,1H3,(H,17,22)/t12-,13+/m0/s1. The molecule has 7 heteroatoms. The average molecular weight is 315 g/mol. The minimum atomic E-state index is -0.0615. The molecule has 2 heterocycles. The maximum atomic E-state index is 12.6. The van der Waals surface area contributed by atoms with Gasteiger partial charge in [0, 0.05) is 24.3 Å². The van der Waals surface area contributed by atoms with Crippen LogP contribution in [0.15, 0.2) is 18.3 Å². The highest BCUT2D eigenvalue weighted by molar-refractivity contribution is 5.94. The first kappa shape index (κ1) is 14.6. The van der Waals surface area contributed by atoms with Gasteiger partial charge in [0.1, 0.15) is 0 Å². The number of carbonyl (C=O) groups is 1. The van der Waals surface area contributed by atoms with Crippen molar-refractivity contribution >= 4 is 11.6 Å². The first-order chi connectivity index (χ1) is 11.2. The molecular formula is C16H21N5O2. The van der Waals surface area contributed by atoms with Crippen LogP contribution in [0.25, 0.3) is 5.65 Å². The zero-order valence-electron chi connectivity index (χ0n) is 13.2. The molecule has 2 atom stereocenters. The zero-order valence-corrected chi connectivity index (χ0v) is 13.2. The van der Waals surface area contributed by atoms with Gasteiger partial charge in [0.15, 0.2) is 5.65 Å². The van der Waals surface area contributed by atoms with E-state index in [1.54, 1.807) is 18.3 Å². The van der Waals surface area contributed by atoms with Crippen LogP contribution in [-0.2, 0) is 4.74 Å². The summed E-state index contributed by atoms with van der Waals surface area (Å²) in [6.07, 6.45) is 7.63. The van der Waals surface area contributed by atoms with Crippen molar-refractivity contribution < 1.29 is 9.53 Å². The molecule has 0 radical (unpaired) electrons. The van der Waals surface area contributed by atoms with Crippen molar-refractivity contribution in [2.24, 2.45) is 5.41 Å². The van der Waals surface area contributed by atoms with E-state index in [-0.39, 0.29) is 17.4 Å². The Labute approximate surface area is 134 Å². The third-order valence-corrected chi connectivity index (χ3v) is 5.45. The second kappa shape index (κ2) is 5.56. The number of carbonyl (C=O) groups excluding carboxylic acids is 1. The number of hydrogen-bond acceptors (Lipinski definition) is 5. The van der Waals surface area contributed by atoms with Crippen molar-refractivity contribution in [3.63, 3.8) is 0 Å². The fourth-order valence-corrected chi connectivity index (χ4v) is 4.21. The Morgan fingerprint density at radius 1 is 1.43 bits per heavy atom. The molecule has 2 fully saturated rings. The van der Waals surface area contributed by atoms with E-state index in [2.05, 4.69) is 20.8 Å². The smallest absolute Gasteiger partial charge is 0.253 e. The molecule has 0 unspecified atom stereocenters. The summed E-state index contributed by atoms with van der Waals surface area (Å²) in [7, 11) is 0. The summed E-state index contributed by atoms with van der Waals surface area (Å²) in [4.78, 5) is 12.6. The highest BCUT2D eigenvalue weighted by Crippen LogP contribution is 2.54. The molecule has 122 valence electrons. The third-order valence-electron chi connectivity index (χ3n) is 5.45. The Hall–Kier alpha value is -2.02. The summed E-state index contributed by atoms with van der Waals surface area (Å²) in [5.41, 5.74) is 1.36. The SMILES string of the molecule is CCO[C@@H]1C[C@H](NC(=O)c2ccc3nnnn3c2)C12CCCC2. The predicted molar refractivity (Wildman–Crippen MR) is 83.0 cm³/mol. The molecule has 2 aromatic heterocycles. The van der Waals surface area contributed by atoms with Crippen LogP contribution in [0.3, 0.4) is 0 Å². The number of hydrogen-bond donors (Lipinski definition) is 1. The summed E-state index contributed by atoms with van der Waals surface area (Å²) in [5.74, 6) is -0.0615. The van der Waals surface area contributed by atoms with Gasteiger partial charge >= 0.3 is 0 Å². The number of tetrazole rings is 1. The van der Waals surface area contributed by atoms with E-state index < -0.39 is 0 Å². The van der Waals surface area contributed by atoms with Gasteiger partial charge in [0.25, 0.3) is 5.91 Å². The Balaban J connectivity index is 1.50. The first-order valence-electron chi connectivity index (χ1n) is 8.33. The quantitative estimate of drug-likeness (QED) is 0.926. The summed E-state index contributed by atoms with van der Waals surface area (Å²) in [6, 6.07) is 3.73. The minimum absolute atomic E-state index is 0.0615. The number of ether oxygens (including phenoxy) is 1. The molecule has 1 N–H and O–H groups in total. The van der Waals surface area contributed by atoms with Gasteiger partial charge in [-0.2, -0.15) is 4.52 Å². The lowest BCUT2D eigenvalue weighted by Crippen LogP contribution is -2.63. The third kappa shape index (κ3) is 2.30. The number of nitrogens with one attached hydrogen (secondary N) is 1. The number of pyridine rings is 1. The number of aromatic nitrogens is 4. The first-order valence-corrected chi connectivity index (χ1v) is 8.33. The van der Waals surface area contributed by atoms with E-state index in [0.29, 0.717) is 17.3 Å². The molecule has 0 aliphatic heterocycles. The molecule has 0 bridgehead atoms. The Morgan fingerprint density at radius 2 is 2.26 bits per heavy atom. The average Bonchev–Trinajstić information content (AvgIpc) is 3.23. The lowest BCUT2D eigenvalue weighted by Gasteiger charge is -2.54. The van der Waals surface area contributed by atoms with Crippen LogP contribution in [0.4, 0.5) is 0 Å². The Bertz CT molecular complexity index is 722. The lowest BCUT2D eigenvalue weighted by molar-refractivity contribution is -0.127. The van der Waals surface area contributed by atoms with Gasteiger partial charge in [-0.1, -0.05) is 12.8 Å². The molecule has 1 spiro atoms. The van der Waals surface area contributed by atoms with Gasteiger partial charge in [-0.05, 0) is 48.7 Å². The summed E-state index contributed by atoms with van der Waals surface area (Å²) >= 11 is 0. The number of fused-ring (bicyclic) bond motifs is 1. The van der Waals surface area contributed by atoms with Gasteiger partial charge in [-0.25, -0.2) is 0 Å². The summed E-state index contributed by atoms with van der Waals surface area (Å²) < 4.78 is 7.42. The number of nitrogens with zero attached hydrogens (tertiary/aromatic N) is 4. The molecule has 23 heavy (non-hydrogen) atoms. The number of amides is 1. The highest BCUT2D eigenvalue weighted by atomic mass is 16.5. The predicted octanol–water partition coefficient (Wildman–Crippen LogP) is 1.59. The minimum Gasteiger partial charge on any atom is -0.378 e. The number of rotatable bonds is 4. The van der Waals surface area contributed by atoms with Crippen LogP contribution in [0.2, 0.25) is 0 Å². The van der Waals surface area contributed by atoms with E-state index in [1.165, 1.54) is 17.4 Å². The molecule has 0 saturated heterocycles. The molecular weight excluding hydrogens is 294 g/mol. The molecule has 4 rings (SSSR count). The van der Waals surface area contributed by atoms with Crippen molar-refractivity contribution in [2.75, 3.05) is 6.61 Å². The largest absolute Gasteiger partial charge is 0.378 e. The van der Waals surface area contributed by atoms with Crippen molar-refractivity contribution in [2.45, 2.75) is 51.2 Å². The van der Waals surface area contributed by atoms with Crippen LogP contribution in [-0.4, -0.2) is 44.7 Å². The van der Waals surface area contributed by atoms with Crippen LogP contribution in [0, 0.1) is 5.41 Å². The maximum Gasteiger partial charge on any atom is 0.253 e. The van der Waals surface area contributed by atoms with Crippen LogP contribution < -0.4 is 5.32 Å². The van der Waals surface area contributed by atoms with E-state index in [0.717, 1.165) is 25.9 Å². The molecule has 2 saturated carbocycles. The van der Waals surface area contributed by atoms with Crippen molar-refractivity contribution in [1.29, 1.82) is 0 Å². The molecule has 2 aromatic rings. The maximum absolute atomic E-state index is 12.6. The molecule has 2 aliphatic carbocycles. The monoisotopic (exact) mass is 315 g/mol. The van der Waals surface area contributed by atoms with Crippen molar-refractivity contribution in [3.05, 3.63) is 23.9 Å². The zero-order chi connectivity index (χ0) is 15.9. The van der Waals surface area contributed by atoms with Gasteiger partial charge in [-0.3, -0.25) is 4.79 Å². The fourth-order valence-electron chi connectivity index (χ4n) is 4.21. The van der Waals surface area contributed by atoms with E-state index >= 15 is 0 Å². The Morgan fingerprint density at radius 3 is 3.04 bits per heavy atom. The van der Waals surface area contributed by atoms with Crippen LogP contribution >= 0.6 is 0 Å². The lowest BCUT2D eigenvalue weighted by atomic mass is 9.60. The molecule has 1 amide bonds. The van der Waals surface area contributed by atoms with Crippen molar-refractivity contribution in [1.82, 2.24) is 25.4 Å². The van der Waals surface area contributed by atoms with Gasteiger partial charge in [0.2, 0.25) is 0 Å². The van der Waals surface area contributed by atoms with Crippen LogP contribution in [0.5, 0.6) is 0 Å². The van der Waals surface area contributed by atoms with E-state index in [4.69, 9.17) is 4.74 Å². The van der Waals surface area contributed by atoms with Crippen LogP contribution in [0.1, 0.15) is 49.4 Å². The molecule has 2 aliphatic rings. The van der Waals surface area contributed by atoms with Gasteiger partial charge < -0.3 is 10.1 Å². The molecule has 0 aromatic carbocycles. The second-order valence-electron chi connectivity index (χ2n) is 6.55. The van der Waals surface area contributed by atoms with Gasteiger partial charge in [-0.15, -0.1) is 5.10 Å². The summed E-state index contributed by atoms with van der Waals surface area (Å²) in [5, 5.41) is 14.5. The van der Waals surface area contributed by atoms with Gasteiger partial charge in [0.05, 0.1) is 11.7 Å². The highest BCUT2D eigenvalue weighted by Gasteiger charge is 2.57. The Kier molecular flexibility index (Phi) is 3.52. The van der Waals surface area contributed by atoms with Crippen molar-refractivity contribution in [3.8, 4) is 0 Å². The van der Waals surface area contributed by atoms with E-state index in [9.17, 15) is 4.79 Å². The topological polar surface area (TPSA) is 81.4 Å². The normalized spacial score (nSPS) is 25.6. The fraction of sp³-hybridized carbons (Fsp3) is 0.625. The van der Waals surface area contributed by atoms with E-state index in [1.807, 2.05) is 6.92 Å². The second-order valence-corrected chi connectivity index (χ2v) is 6.55. The summed E-state index contributed by atoms with van der Waals surface area (Å²) in [6.45, 7) is 2.78. The molecule has 7 nitrogen and oxygen atoms in total.